The fraction of sp³-hybridized carbons (Fsp3) is 0.923. The second-order valence-corrected chi connectivity index (χ2v) is 11.6. The second-order valence-electron chi connectivity index (χ2n) is 11.6. The first-order chi connectivity index (χ1) is 12.8. The van der Waals surface area contributed by atoms with Gasteiger partial charge in [-0.25, -0.2) is 0 Å². The van der Waals surface area contributed by atoms with Gasteiger partial charge in [0, 0.05) is 0 Å². The number of hydrogen-bond acceptors (Lipinski definition) is 1. The summed E-state index contributed by atoms with van der Waals surface area (Å²) in [6.07, 6.45) is 18.7. The van der Waals surface area contributed by atoms with E-state index in [1.54, 1.807) is 0 Å². The number of aliphatic hydroxyl groups is 1. The van der Waals surface area contributed by atoms with Crippen molar-refractivity contribution in [3.8, 4) is 0 Å². The zero-order chi connectivity index (χ0) is 19.2. The van der Waals surface area contributed by atoms with Crippen LogP contribution < -0.4 is 0 Å². The molecule has 0 saturated heterocycles. The van der Waals surface area contributed by atoms with E-state index in [9.17, 15) is 5.11 Å². The second kappa shape index (κ2) is 7.51. The van der Waals surface area contributed by atoms with E-state index in [1.807, 2.05) is 5.57 Å². The lowest BCUT2D eigenvalue weighted by atomic mass is 9.45. The lowest BCUT2D eigenvalue weighted by molar-refractivity contribution is -0.116. The predicted molar refractivity (Wildman–Crippen MR) is 115 cm³/mol. The SMILES string of the molecule is CC(C)CCC/C=C1/CC[C@H]2[C@@H]3CC[C@H]4C[C@@H](O)CC[C@]4(C)[C@H]3CC[C@]12C. The van der Waals surface area contributed by atoms with Gasteiger partial charge in [-0.2, -0.15) is 0 Å². The smallest absolute Gasteiger partial charge is 0.0543 e. The van der Waals surface area contributed by atoms with Crippen LogP contribution in [0.4, 0.5) is 0 Å². The van der Waals surface area contributed by atoms with E-state index in [1.165, 1.54) is 64.2 Å². The van der Waals surface area contributed by atoms with E-state index in [0.29, 0.717) is 10.8 Å². The molecule has 4 fully saturated rings. The predicted octanol–water partition coefficient (Wildman–Crippen LogP) is 7.14. The molecule has 4 rings (SSSR count). The number of fused-ring (bicyclic) bond motifs is 5. The van der Waals surface area contributed by atoms with Gasteiger partial charge in [-0.15, -0.1) is 0 Å². The molecule has 7 atom stereocenters. The molecule has 0 aromatic carbocycles. The van der Waals surface area contributed by atoms with Gasteiger partial charge in [0.2, 0.25) is 0 Å². The summed E-state index contributed by atoms with van der Waals surface area (Å²) in [7, 11) is 0. The summed E-state index contributed by atoms with van der Waals surface area (Å²) in [5, 5.41) is 10.2. The van der Waals surface area contributed by atoms with Crippen LogP contribution in [0, 0.1) is 40.4 Å². The maximum atomic E-state index is 10.2. The van der Waals surface area contributed by atoms with E-state index in [-0.39, 0.29) is 6.10 Å². The van der Waals surface area contributed by atoms with E-state index in [2.05, 4.69) is 33.8 Å². The zero-order valence-electron chi connectivity index (χ0n) is 18.5. The maximum absolute atomic E-state index is 10.2. The topological polar surface area (TPSA) is 20.2 Å². The Bertz CT molecular complexity index is 563. The standard InChI is InChI=1S/C26H44O/c1-18(2)7-5-6-8-19-10-12-23-22-11-9-20-17-21(27)13-15-26(20,4)24(22)14-16-25(19,23)3/h8,18,20-24,27H,5-7,9-17H2,1-4H3/b19-8-/t20-,21-,22-,23-,24-,25+,26-/m0/s1. The third kappa shape index (κ3) is 3.45. The summed E-state index contributed by atoms with van der Waals surface area (Å²) in [5.41, 5.74) is 2.87. The molecule has 0 aromatic heterocycles. The van der Waals surface area contributed by atoms with Crippen molar-refractivity contribution in [1.82, 2.24) is 0 Å². The Morgan fingerprint density at radius 3 is 2.63 bits per heavy atom. The van der Waals surface area contributed by atoms with Crippen LogP contribution in [0.25, 0.3) is 0 Å². The van der Waals surface area contributed by atoms with Crippen LogP contribution in [0.2, 0.25) is 0 Å². The Morgan fingerprint density at radius 1 is 1.04 bits per heavy atom. The molecule has 0 amide bonds. The third-order valence-corrected chi connectivity index (χ3v) is 9.86. The van der Waals surface area contributed by atoms with Crippen molar-refractivity contribution in [3.05, 3.63) is 11.6 Å². The van der Waals surface area contributed by atoms with E-state index in [0.717, 1.165) is 42.4 Å². The van der Waals surface area contributed by atoms with Gasteiger partial charge in [0.05, 0.1) is 6.10 Å². The molecule has 0 bridgehead atoms. The zero-order valence-corrected chi connectivity index (χ0v) is 18.5. The van der Waals surface area contributed by atoms with Crippen molar-refractivity contribution >= 4 is 0 Å². The minimum Gasteiger partial charge on any atom is -0.393 e. The first kappa shape index (κ1) is 20.0. The molecule has 1 heteroatoms. The van der Waals surface area contributed by atoms with Gasteiger partial charge in [-0.3, -0.25) is 0 Å². The summed E-state index contributed by atoms with van der Waals surface area (Å²) in [6.45, 7) is 9.94. The van der Waals surface area contributed by atoms with Gasteiger partial charge in [-0.05, 0) is 111 Å². The number of allylic oxidation sites excluding steroid dienone is 2. The summed E-state index contributed by atoms with van der Waals surface area (Å²) >= 11 is 0. The molecule has 4 aliphatic rings. The molecule has 0 aromatic rings. The summed E-state index contributed by atoms with van der Waals surface area (Å²) in [5.74, 6) is 4.47. The molecule has 0 spiro atoms. The number of hydrogen-bond donors (Lipinski definition) is 1. The van der Waals surface area contributed by atoms with Gasteiger partial charge in [0.1, 0.15) is 0 Å². The van der Waals surface area contributed by atoms with Crippen LogP contribution >= 0.6 is 0 Å². The van der Waals surface area contributed by atoms with Crippen LogP contribution in [0.15, 0.2) is 11.6 Å². The van der Waals surface area contributed by atoms with Crippen molar-refractivity contribution in [1.29, 1.82) is 0 Å². The van der Waals surface area contributed by atoms with Crippen LogP contribution in [-0.4, -0.2) is 11.2 Å². The van der Waals surface area contributed by atoms with Crippen LogP contribution in [0.5, 0.6) is 0 Å². The van der Waals surface area contributed by atoms with Gasteiger partial charge < -0.3 is 5.11 Å². The largest absolute Gasteiger partial charge is 0.393 e. The lowest BCUT2D eigenvalue weighted by Crippen LogP contribution is -2.53. The first-order valence-corrected chi connectivity index (χ1v) is 12.2. The van der Waals surface area contributed by atoms with Crippen molar-refractivity contribution in [2.24, 2.45) is 40.4 Å². The minimum absolute atomic E-state index is 0.0136. The van der Waals surface area contributed by atoms with Gasteiger partial charge in [-0.1, -0.05) is 45.8 Å². The minimum atomic E-state index is -0.0136. The number of unbranched alkanes of at least 4 members (excludes halogenated alkanes) is 1. The van der Waals surface area contributed by atoms with Gasteiger partial charge >= 0.3 is 0 Å². The molecule has 0 aliphatic heterocycles. The highest BCUT2D eigenvalue weighted by molar-refractivity contribution is 5.24. The molecule has 4 aliphatic carbocycles. The Morgan fingerprint density at radius 2 is 1.85 bits per heavy atom. The molecule has 0 radical (unpaired) electrons. The first-order valence-electron chi connectivity index (χ1n) is 12.2. The normalized spacial score (nSPS) is 48.4. The lowest BCUT2D eigenvalue weighted by Gasteiger charge is -2.60. The highest BCUT2D eigenvalue weighted by Gasteiger charge is 2.58. The van der Waals surface area contributed by atoms with E-state index >= 15 is 0 Å². The molecule has 0 unspecified atom stereocenters. The van der Waals surface area contributed by atoms with Crippen molar-refractivity contribution < 1.29 is 5.11 Å². The van der Waals surface area contributed by atoms with Crippen molar-refractivity contribution in [3.63, 3.8) is 0 Å². The molecule has 27 heavy (non-hydrogen) atoms. The summed E-state index contributed by atoms with van der Waals surface area (Å²) < 4.78 is 0. The Balaban J connectivity index is 1.48. The van der Waals surface area contributed by atoms with Crippen LogP contribution in [0.1, 0.15) is 105 Å². The number of aliphatic hydroxyl groups excluding tert-OH is 1. The van der Waals surface area contributed by atoms with Gasteiger partial charge in [0.15, 0.2) is 0 Å². The van der Waals surface area contributed by atoms with Crippen LogP contribution in [0.3, 0.4) is 0 Å². The monoisotopic (exact) mass is 372 g/mol. The Hall–Kier alpha value is -0.300. The maximum Gasteiger partial charge on any atom is 0.0543 e. The summed E-state index contributed by atoms with van der Waals surface area (Å²) in [4.78, 5) is 0. The molecule has 0 heterocycles. The average Bonchev–Trinajstić information content (AvgIpc) is 2.96. The highest BCUT2D eigenvalue weighted by Crippen LogP contribution is 2.67. The van der Waals surface area contributed by atoms with Crippen molar-refractivity contribution in [2.45, 2.75) is 111 Å². The van der Waals surface area contributed by atoms with Crippen molar-refractivity contribution in [2.75, 3.05) is 0 Å². The fourth-order valence-corrected chi connectivity index (χ4v) is 8.22. The molecule has 154 valence electrons. The molecular weight excluding hydrogens is 328 g/mol. The molecule has 1 nitrogen and oxygen atoms in total. The number of rotatable bonds is 4. The third-order valence-electron chi connectivity index (χ3n) is 9.86. The van der Waals surface area contributed by atoms with E-state index < -0.39 is 0 Å². The Labute approximate surface area is 168 Å². The van der Waals surface area contributed by atoms with Crippen LogP contribution in [-0.2, 0) is 0 Å². The van der Waals surface area contributed by atoms with E-state index in [4.69, 9.17) is 0 Å². The molecular formula is C26H44O. The summed E-state index contributed by atoms with van der Waals surface area (Å²) in [6, 6.07) is 0. The fourth-order valence-electron chi connectivity index (χ4n) is 8.22. The Kier molecular flexibility index (Phi) is 5.56. The quantitative estimate of drug-likeness (QED) is 0.410. The molecule has 4 saturated carbocycles. The highest BCUT2D eigenvalue weighted by atomic mass is 16.3. The van der Waals surface area contributed by atoms with Gasteiger partial charge in [0.25, 0.3) is 0 Å². The molecule has 1 N–H and O–H groups in total. The average molecular weight is 373 g/mol.